The zero-order valence-corrected chi connectivity index (χ0v) is 10.8. The average molecular weight is 237 g/mol. The van der Waals surface area contributed by atoms with Gasteiger partial charge in [-0.05, 0) is 51.2 Å². The number of piperidine rings is 1. The third kappa shape index (κ3) is 3.16. The fourth-order valence-corrected chi connectivity index (χ4v) is 3.14. The molecule has 0 atom stereocenters. The van der Waals surface area contributed by atoms with E-state index in [-0.39, 0.29) is 0 Å². The second kappa shape index (κ2) is 5.60. The summed E-state index contributed by atoms with van der Waals surface area (Å²) in [5.41, 5.74) is 0. The van der Waals surface area contributed by atoms with E-state index in [1.165, 1.54) is 30.8 Å². The fourth-order valence-electron chi connectivity index (χ4n) is 1.97. The Morgan fingerprint density at radius 2 is 2.06 bits per heavy atom. The lowest BCUT2D eigenvalue weighted by Gasteiger charge is -2.28. The third-order valence-electron chi connectivity index (χ3n) is 3.01. The maximum absolute atomic E-state index is 5.24. The van der Waals surface area contributed by atoms with Crippen molar-refractivity contribution >= 4 is 11.8 Å². The normalized spacial score (nSPS) is 18.6. The Labute approximate surface area is 102 Å². The first-order valence-corrected chi connectivity index (χ1v) is 6.65. The highest BCUT2D eigenvalue weighted by Crippen LogP contribution is 2.31. The van der Waals surface area contributed by atoms with Gasteiger partial charge < -0.3 is 9.64 Å². The summed E-state index contributed by atoms with van der Waals surface area (Å²) in [5.74, 6) is 0.956. The van der Waals surface area contributed by atoms with E-state index in [4.69, 9.17) is 4.74 Å². The molecule has 88 valence electrons. The predicted molar refractivity (Wildman–Crippen MR) is 69.4 cm³/mol. The SMILES string of the molecule is COc1cccc(SC2CCN(C)CC2)c1. The second-order valence-corrected chi connectivity index (χ2v) is 5.67. The van der Waals surface area contributed by atoms with Crippen molar-refractivity contribution in [3.63, 3.8) is 0 Å². The van der Waals surface area contributed by atoms with E-state index < -0.39 is 0 Å². The topological polar surface area (TPSA) is 12.5 Å². The van der Waals surface area contributed by atoms with Gasteiger partial charge >= 0.3 is 0 Å². The van der Waals surface area contributed by atoms with Crippen molar-refractivity contribution in [1.29, 1.82) is 0 Å². The molecule has 1 saturated heterocycles. The molecule has 1 fully saturated rings. The lowest BCUT2D eigenvalue weighted by atomic mass is 10.1. The van der Waals surface area contributed by atoms with Gasteiger partial charge in [-0.3, -0.25) is 0 Å². The number of methoxy groups -OCH3 is 1. The summed E-state index contributed by atoms with van der Waals surface area (Å²) in [6.07, 6.45) is 2.58. The van der Waals surface area contributed by atoms with Crippen LogP contribution in [0.3, 0.4) is 0 Å². The zero-order chi connectivity index (χ0) is 11.4. The van der Waals surface area contributed by atoms with Crippen LogP contribution in [0.5, 0.6) is 5.75 Å². The van der Waals surface area contributed by atoms with Gasteiger partial charge in [0.25, 0.3) is 0 Å². The maximum Gasteiger partial charge on any atom is 0.119 e. The number of hydrogen-bond donors (Lipinski definition) is 0. The van der Waals surface area contributed by atoms with Gasteiger partial charge in [0.15, 0.2) is 0 Å². The molecule has 3 heteroatoms. The molecule has 0 radical (unpaired) electrons. The molecule has 1 heterocycles. The Morgan fingerprint density at radius 1 is 1.31 bits per heavy atom. The molecule has 2 nitrogen and oxygen atoms in total. The van der Waals surface area contributed by atoms with Crippen LogP contribution in [0.2, 0.25) is 0 Å². The monoisotopic (exact) mass is 237 g/mol. The van der Waals surface area contributed by atoms with Crippen LogP contribution in [0.25, 0.3) is 0 Å². The van der Waals surface area contributed by atoms with Crippen molar-refractivity contribution in [2.24, 2.45) is 0 Å². The van der Waals surface area contributed by atoms with E-state index in [1.807, 2.05) is 17.8 Å². The zero-order valence-electron chi connectivity index (χ0n) is 9.98. The third-order valence-corrected chi connectivity index (χ3v) is 4.34. The molecule has 1 aliphatic heterocycles. The van der Waals surface area contributed by atoms with Gasteiger partial charge in [0.05, 0.1) is 7.11 Å². The second-order valence-electron chi connectivity index (χ2n) is 4.30. The first-order chi connectivity index (χ1) is 7.78. The molecule has 1 aliphatic rings. The van der Waals surface area contributed by atoms with Gasteiger partial charge in [0.1, 0.15) is 5.75 Å². The quantitative estimate of drug-likeness (QED) is 0.802. The van der Waals surface area contributed by atoms with Crippen LogP contribution in [0.4, 0.5) is 0 Å². The van der Waals surface area contributed by atoms with Crippen molar-refractivity contribution < 1.29 is 4.74 Å². The minimum Gasteiger partial charge on any atom is -0.497 e. The lowest BCUT2D eigenvalue weighted by Crippen LogP contribution is -2.31. The highest BCUT2D eigenvalue weighted by molar-refractivity contribution is 8.00. The van der Waals surface area contributed by atoms with Crippen LogP contribution in [0.15, 0.2) is 29.2 Å². The van der Waals surface area contributed by atoms with Crippen LogP contribution in [0.1, 0.15) is 12.8 Å². The summed E-state index contributed by atoms with van der Waals surface area (Å²) >= 11 is 1.99. The Bertz CT molecular complexity index is 334. The average Bonchev–Trinajstić information content (AvgIpc) is 2.32. The highest BCUT2D eigenvalue weighted by atomic mass is 32.2. The van der Waals surface area contributed by atoms with Crippen LogP contribution in [-0.4, -0.2) is 37.4 Å². The van der Waals surface area contributed by atoms with E-state index in [0.29, 0.717) is 0 Å². The first kappa shape index (κ1) is 11.8. The molecule has 1 aromatic rings. The lowest BCUT2D eigenvalue weighted by molar-refractivity contribution is 0.282. The molecular weight excluding hydrogens is 218 g/mol. The van der Waals surface area contributed by atoms with Crippen molar-refractivity contribution in [2.75, 3.05) is 27.2 Å². The number of likely N-dealkylation sites (tertiary alicyclic amines) is 1. The Kier molecular flexibility index (Phi) is 4.13. The van der Waals surface area contributed by atoms with Crippen molar-refractivity contribution in [3.05, 3.63) is 24.3 Å². The van der Waals surface area contributed by atoms with Gasteiger partial charge in [-0.15, -0.1) is 11.8 Å². The Morgan fingerprint density at radius 3 is 2.75 bits per heavy atom. The molecule has 0 aliphatic carbocycles. The molecule has 0 saturated carbocycles. The minimum atomic E-state index is 0.767. The molecule has 0 unspecified atom stereocenters. The summed E-state index contributed by atoms with van der Waals surface area (Å²) in [5, 5.41) is 0.767. The van der Waals surface area contributed by atoms with Crippen molar-refractivity contribution in [3.8, 4) is 5.75 Å². The van der Waals surface area contributed by atoms with Gasteiger partial charge in [-0.1, -0.05) is 6.07 Å². The fraction of sp³-hybridized carbons (Fsp3) is 0.538. The largest absolute Gasteiger partial charge is 0.497 e. The molecule has 0 bridgehead atoms. The molecule has 0 N–H and O–H groups in total. The molecular formula is C13H19NOS. The number of thioether (sulfide) groups is 1. The molecule has 2 rings (SSSR count). The van der Waals surface area contributed by atoms with Crippen LogP contribution in [-0.2, 0) is 0 Å². The number of rotatable bonds is 3. The predicted octanol–water partition coefficient (Wildman–Crippen LogP) is 2.88. The standard InChI is InChI=1S/C13H19NOS/c1-14-8-6-12(7-9-14)16-13-5-3-4-11(10-13)15-2/h3-5,10,12H,6-9H2,1-2H3. The van der Waals surface area contributed by atoms with E-state index in [2.05, 4.69) is 30.1 Å². The van der Waals surface area contributed by atoms with E-state index >= 15 is 0 Å². The van der Waals surface area contributed by atoms with Crippen molar-refractivity contribution in [1.82, 2.24) is 4.90 Å². The summed E-state index contributed by atoms with van der Waals surface area (Å²) in [4.78, 5) is 3.73. The van der Waals surface area contributed by atoms with Gasteiger partial charge in [-0.2, -0.15) is 0 Å². The molecule has 0 amide bonds. The molecule has 1 aromatic carbocycles. The summed E-state index contributed by atoms with van der Waals surface area (Å²) in [7, 11) is 3.92. The molecule has 0 spiro atoms. The summed E-state index contributed by atoms with van der Waals surface area (Å²) in [6, 6.07) is 8.36. The minimum absolute atomic E-state index is 0.767. The van der Waals surface area contributed by atoms with Crippen LogP contribution >= 0.6 is 11.8 Å². The van der Waals surface area contributed by atoms with Gasteiger partial charge in [-0.25, -0.2) is 0 Å². The number of benzene rings is 1. The number of ether oxygens (including phenoxy) is 1. The molecule has 0 aromatic heterocycles. The first-order valence-electron chi connectivity index (χ1n) is 5.77. The van der Waals surface area contributed by atoms with Crippen molar-refractivity contribution in [2.45, 2.75) is 23.0 Å². The van der Waals surface area contributed by atoms with Gasteiger partial charge in [0.2, 0.25) is 0 Å². The van der Waals surface area contributed by atoms with E-state index in [1.54, 1.807) is 7.11 Å². The van der Waals surface area contributed by atoms with Gasteiger partial charge in [0, 0.05) is 10.1 Å². The van der Waals surface area contributed by atoms with Crippen LogP contribution < -0.4 is 4.74 Å². The molecule has 16 heavy (non-hydrogen) atoms. The smallest absolute Gasteiger partial charge is 0.119 e. The summed E-state index contributed by atoms with van der Waals surface area (Å²) < 4.78 is 5.24. The number of nitrogens with zero attached hydrogens (tertiary/aromatic N) is 1. The number of hydrogen-bond acceptors (Lipinski definition) is 3. The summed E-state index contributed by atoms with van der Waals surface area (Å²) in [6.45, 7) is 2.45. The Balaban J connectivity index is 1.93. The highest BCUT2D eigenvalue weighted by Gasteiger charge is 2.17. The van der Waals surface area contributed by atoms with E-state index in [9.17, 15) is 0 Å². The van der Waals surface area contributed by atoms with E-state index in [0.717, 1.165) is 11.0 Å². The maximum atomic E-state index is 5.24. The Hall–Kier alpha value is -0.670. The van der Waals surface area contributed by atoms with Crippen LogP contribution in [0, 0.1) is 0 Å².